The number of ether oxygens (including phenoxy) is 1. The van der Waals surface area contributed by atoms with Crippen LogP contribution in [0.15, 0.2) is 24.3 Å². The summed E-state index contributed by atoms with van der Waals surface area (Å²) in [5, 5.41) is 12.1. The van der Waals surface area contributed by atoms with Crippen molar-refractivity contribution in [3.63, 3.8) is 0 Å². The molecular formula is C12H14N2O. The predicted octanol–water partition coefficient (Wildman–Crippen LogP) is 1.44. The van der Waals surface area contributed by atoms with Crippen molar-refractivity contribution in [2.75, 3.05) is 13.2 Å². The smallest absolute Gasteiger partial charge is 0.0991 e. The maximum Gasteiger partial charge on any atom is 0.0991 e. The molecule has 15 heavy (non-hydrogen) atoms. The van der Waals surface area contributed by atoms with E-state index in [-0.39, 0.29) is 0 Å². The van der Waals surface area contributed by atoms with Crippen molar-refractivity contribution in [2.24, 2.45) is 0 Å². The van der Waals surface area contributed by atoms with E-state index >= 15 is 0 Å². The van der Waals surface area contributed by atoms with Crippen LogP contribution in [0.3, 0.4) is 0 Å². The zero-order valence-corrected chi connectivity index (χ0v) is 8.57. The summed E-state index contributed by atoms with van der Waals surface area (Å²) in [6.45, 7) is 2.53. The molecule has 3 nitrogen and oxygen atoms in total. The third-order valence-electron chi connectivity index (χ3n) is 2.61. The Balaban J connectivity index is 1.85. The van der Waals surface area contributed by atoms with E-state index in [0.717, 1.165) is 26.2 Å². The van der Waals surface area contributed by atoms with Gasteiger partial charge in [0.15, 0.2) is 0 Å². The molecule has 0 spiro atoms. The first kappa shape index (κ1) is 10.2. The molecule has 0 aliphatic carbocycles. The molecule has 1 aliphatic heterocycles. The summed E-state index contributed by atoms with van der Waals surface area (Å²) in [5.74, 6) is 0. The minimum atomic E-state index is 0.487. The van der Waals surface area contributed by atoms with Gasteiger partial charge in [-0.05, 0) is 24.1 Å². The SMILES string of the molecule is N#Cc1ccc(CNC2CCOC2)cc1. The van der Waals surface area contributed by atoms with E-state index in [2.05, 4.69) is 11.4 Å². The fourth-order valence-electron chi connectivity index (χ4n) is 1.65. The molecule has 1 aliphatic rings. The van der Waals surface area contributed by atoms with E-state index in [1.54, 1.807) is 0 Å². The van der Waals surface area contributed by atoms with Crippen LogP contribution in [0.2, 0.25) is 0 Å². The third-order valence-corrected chi connectivity index (χ3v) is 2.61. The first-order valence-electron chi connectivity index (χ1n) is 5.18. The Labute approximate surface area is 89.7 Å². The van der Waals surface area contributed by atoms with Crippen LogP contribution in [0.1, 0.15) is 17.5 Å². The monoisotopic (exact) mass is 202 g/mol. The number of nitriles is 1. The van der Waals surface area contributed by atoms with Gasteiger partial charge in [-0.1, -0.05) is 12.1 Å². The second-order valence-electron chi connectivity index (χ2n) is 3.75. The van der Waals surface area contributed by atoms with Crippen LogP contribution in [0, 0.1) is 11.3 Å². The summed E-state index contributed by atoms with van der Waals surface area (Å²) in [6, 6.07) is 10.3. The normalized spacial score (nSPS) is 20.1. The molecule has 0 radical (unpaired) electrons. The van der Waals surface area contributed by atoms with Crippen LogP contribution in [0.4, 0.5) is 0 Å². The van der Waals surface area contributed by atoms with E-state index < -0.39 is 0 Å². The van der Waals surface area contributed by atoms with Crippen LogP contribution < -0.4 is 5.32 Å². The summed E-state index contributed by atoms with van der Waals surface area (Å²) in [4.78, 5) is 0. The van der Waals surface area contributed by atoms with Gasteiger partial charge >= 0.3 is 0 Å². The quantitative estimate of drug-likeness (QED) is 0.806. The van der Waals surface area contributed by atoms with E-state index in [1.807, 2.05) is 24.3 Å². The summed E-state index contributed by atoms with van der Waals surface area (Å²) >= 11 is 0. The minimum Gasteiger partial charge on any atom is -0.380 e. The Hall–Kier alpha value is -1.37. The van der Waals surface area contributed by atoms with Gasteiger partial charge < -0.3 is 10.1 Å². The van der Waals surface area contributed by atoms with E-state index in [0.29, 0.717) is 11.6 Å². The molecule has 2 rings (SSSR count). The summed E-state index contributed by atoms with van der Waals surface area (Å²) < 4.78 is 5.28. The average molecular weight is 202 g/mol. The number of rotatable bonds is 3. The highest BCUT2D eigenvalue weighted by Gasteiger charge is 2.14. The zero-order valence-electron chi connectivity index (χ0n) is 8.57. The molecule has 78 valence electrons. The molecular weight excluding hydrogens is 188 g/mol. The number of benzene rings is 1. The Kier molecular flexibility index (Phi) is 3.33. The van der Waals surface area contributed by atoms with E-state index in [1.165, 1.54) is 5.56 Å². The summed E-state index contributed by atoms with van der Waals surface area (Å²) in [7, 11) is 0. The second kappa shape index (κ2) is 4.92. The Morgan fingerprint density at radius 1 is 1.40 bits per heavy atom. The van der Waals surface area contributed by atoms with Crippen LogP contribution in [0.25, 0.3) is 0 Å². The maximum atomic E-state index is 8.65. The standard InChI is InChI=1S/C12H14N2O/c13-7-10-1-3-11(4-2-10)8-14-12-5-6-15-9-12/h1-4,12,14H,5-6,8-9H2. The molecule has 1 fully saturated rings. The molecule has 0 saturated carbocycles. The summed E-state index contributed by atoms with van der Waals surface area (Å²) in [5.41, 5.74) is 1.92. The highest BCUT2D eigenvalue weighted by Crippen LogP contribution is 2.06. The Morgan fingerprint density at radius 3 is 2.80 bits per heavy atom. The fraction of sp³-hybridized carbons (Fsp3) is 0.417. The van der Waals surface area contributed by atoms with Crippen molar-refractivity contribution in [1.82, 2.24) is 5.32 Å². The van der Waals surface area contributed by atoms with Crippen LogP contribution in [-0.4, -0.2) is 19.3 Å². The average Bonchev–Trinajstić information content (AvgIpc) is 2.80. The van der Waals surface area contributed by atoms with Gasteiger partial charge in [0.1, 0.15) is 0 Å². The highest BCUT2D eigenvalue weighted by molar-refractivity contribution is 5.31. The molecule has 3 heteroatoms. The number of nitrogens with one attached hydrogen (secondary N) is 1. The lowest BCUT2D eigenvalue weighted by Gasteiger charge is -2.10. The van der Waals surface area contributed by atoms with Crippen molar-refractivity contribution in [1.29, 1.82) is 5.26 Å². The Morgan fingerprint density at radius 2 is 2.20 bits per heavy atom. The topological polar surface area (TPSA) is 45.0 Å². The van der Waals surface area contributed by atoms with Crippen molar-refractivity contribution < 1.29 is 4.74 Å². The first-order chi connectivity index (χ1) is 7.38. The van der Waals surface area contributed by atoms with Gasteiger partial charge in [-0.3, -0.25) is 0 Å². The highest BCUT2D eigenvalue weighted by atomic mass is 16.5. The molecule has 1 heterocycles. The maximum absolute atomic E-state index is 8.65. The molecule has 1 atom stereocenters. The van der Waals surface area contributed by atoms with Gasteiger partial charge in [0.25, 0.3) is 0 Å². The van der Waals surface area contributed by atoms with Gasteiger partial charge in [-0.15, -0.1) is 0 Å². The molecule has 1 N–H and O–H groups in total. The lowest BCUT2D eigenvalue weighted by Crippen LogP contribution is -2.28. The number of hydrogen-bond donors (Lipinski definition) is 1. The van der Waals surface area contributed by atoms with Crippen molar-refractivity contribution in [2.45, 2.75) is 19.0 Å². The van der Waals surface area contributed by atoms with Crippen molar-refractivity contribution in [3.8, 4) is 6.07 Å². The molecule has 0 aromatic heterocycles. The van der Waals surface area contributed by atoms with Crippen molar-refractivity contribution >= 4 is 0 Å². The lowest BCUT2D eigenvalue weighted by molar-refractivity contribution is 0.190. The third kappa shape index (κ3) is 2.79. The molecule has 1 aromatic carbocycles. The van der Waals surface area contributed by atoms with Gasteiger partial charge in [-0.2, -0.15) is 5.26 Å². The molecule has 1 saturated heterocycles. The minimum absolute atomic E-state index is 0.487. The summed E-state index contributed by atoms with van der Waals surface area (Å²) in [6.07, 6.45) is 1.09. The van der Waals surface area contributed by atoms with E-state index in [9.17, 15) is 0 Å². The second-order valence-corrected chi connectivity index (χ2v) is 3.75. The van der Waals surface area contributed by atoms with Gasteiger partial charge in [-0.25, -0.2) is 0 Å². The van der Waals surface area contributed by atoms with Crippen LogP contribution in [0.5, 0.6) is 0 Å². The van der Waals surface area contributed by atoms with Crippen molar-refractivity contribution in [3.05, 3.63) is 35.4 Å². The van der Waals surface area contributed by atoms with Gasteiger partial charge in [0.2, 0.25) is 0 Å². The largest absolute Gasteiger partial charge is 0.380 e. The molecule has 1 unspecified atom stereocenters. The van der Waals surface area contributed by atoms with Crippen LogP contribution in [-0.2, 0) is 11.3 Å². The fourth-order valence-corrected chi connectivity index (χ4v) is 1.65. The first-order valence-corrected chi connectivity index (χ1v) is 5.18. The zero-order chi connectivity index (χ0) is 10.5. The van der Waals surface area contributed by atoms with Gasteiger partial charge in [0, 0.05) is 19.2 Å². The molecule has 0 bridgehead atoms. The van der Waals surface area contributed by atoms with Crippen LogP contribution >= 0.6 is 0 Å². The number of hydrogen-bond acceptors (Lipinski definition) is 3. The molecule has 0 amide bonds. The Bertz CT molecular complexity index is 347. The lowest BCUT2D eigenvalue weighted by atomic mass is 10.1. The van der Waals surface area contributed by atoms with Gasteiger partial charge in [0.05, 0.1) is 18.2 Å². The number of nitrogens with zero attached hydrogens (tertiary/aromatic N) is 1. The molecule has 1 aromatic rings. The van der Waals surface area contributed by atoms with E-state index in [4.69, 9.17) is 10.00 Å². The predicted molar refractivity (Wildman–Crippen MR) is 57.2 cm³/mol.